The van der Waals surface area contributed by atoms with Crippen molar-refractivity contribution >= 4 is 17.5 Å². The molecule has 3 rings (SSSR count). The summed E-state index contributed by atoms with van der Waals surface area (Å²) in [6, 6.07) is 8.10. The molecule has 2 aliphatic rings. The number of anilines is 1. The van der Waals surface area contributed by atoms with Crippen LogP contribution in [0.15, 0.2) is 24.3 Å². The molecule has 0 bridgehead atoms. The summed E-state index contributed by atoms with van der Waals surface area (Å²) in [5.41, 5.74) is 7.45. The van der Waals surface area contributed by atoms with Crippen LogP contribution in [0.2, 0.25) is 0 Å². The Labute approximate surface area is 124 Å². The van der Waals surface area contributed by atoms with E-state index in [2.05, 4.69) is 10.6 Å². The Bertz CT molecular complexity index is 550. The summed E-state index contributed by atoms with van der Waals surface area (Å²) in [7, 11) is 0. The number of nitrogens with two attached hydrogens (primary N) is 1. The van der Waals surface area contributed by atoms with Gasteiger partial charge in [0.05, 0.1) is 5.92 Å². The maximum Gasteiger partial charge on any atom is 0.229 e. The number of para-hydroxylation sites is 1. The molecule has 1 aromatic rings. The number of hydrogen-bond donors (Lipinski definition) is 3. The lowest BCUT2D eigenvalue weighted by Crippen LogP contribution is -2.42. The summed E-state index contributed by atoms with van der Waals surface area (Å²) >= 11 is 0. The lowest BCUT2D eigenvalue weighted by molar-refractivity contribution is -0.123. The van der Waals surface area contributed by atoms with Crippen LogP contribution in [-0.2, 0) is 9.59 Å². The number of rotatable bonds is 3. The first-order valence-electron chi connectivity index (χ1n) is 7.57. The summed E-state index contributed by atoms with van der Waals surface area (Å²) in [5.74, 6) is -0.272. The summed E-state index contributed by atoms with van der Waals surface area (Å²) in [6.07, 6.45) is 3.22. The molecule has 0 saturated heterocycles. The van der Waals surface area contributed by atoms with Gasteiger partial charge in [-0.05, 0) is 37.3 Å². The highest BCUT2D eigenvalue weighted by molar-refractivity contribution is 5.88. The minimum absolute atomic E-state index is 0.0213. The van der Waals surface area contributed by atoms with Gasteiger partial charge in [0.2, 0.25) is 11.8 Å². The number of amides is 2. The number of carbonyl (C=O) groups excluding carboxylic acids is 2. The zero-order valence-electron chi connectivity index (χ0n) is 12.0. The molecule has 0 aromatic heterocycles. The Morgan fingerprint density at radius 2 is 1.86 bits per heavy atom. The van der Waals surface area contributed by atoms with Crippen molar-refractivity contribution in [3.8, 4) is 0 Å². The second-order valence-corrected chi connectivity index (χ2v) is 5.98. The molecule has 1 aromatic carbocycles. The Balaban J connectivity index is 1.57. The smallest absolute Gasteiger partial charge is 0.229 e. The van der Waals surface area contributed by atoms with Gasteiger partial charge in [-0.2, -0.15) is 0 Å². The summed E-state index contributed by atoms with van der Waals surface area (Å²) < 4.78 is 0. The maximum absolute atomic E-state index is 12.4. The SMILES string of the molecule is NC(=O)C1CCC(NC(=O)C2CNc3ccccc32)CC1. The van der Waals surface area contributed by atoms with Crippen LogP contribution in [0.3, 0.4) is 0 Å². The van der Waals surface area contributed by atoms with Gasteiger partial charge in [-0.25, -0.2) is 0 Å². The standard InChI is InChI=1S/C16H21N3O2/c17-15(20)10-5-7-11(8-6-10)19-16(21)13-9-18-14-4-2-1-3-12(13)14/h1-4,10-11,13,18H,5-9H2,(H2,17,20)(H,19,21). The Kier molecular flexibility index (Phi) is 3.82. The van der Waals surface area contributed by atoms with Gasteiger partial charge in [0.15, 0.2) is 0 Å². The van der Waals surface area contributed by atoms with Crippen molar-refractivity contribution < 1.29 is 9.59 Å². The summed E-state index contributed by atoms with van der Waals surface area (Å²) in [4.78, 5) is 23.6. The third-order valence-electron chi connectivity index (χ3n) is 4.63. The highest BCUT2D eigenvalue weighted by Gasteiger charge is 2.31. The van der Waals surface area contributed by atoms with Crippen LogP contribution in [-0.4, -0.2) is 24.4 Å². The molecule has 5 heteroatoms. The molecule has 112 valence electrons. The van der Waals surface area contributed by atoms with E-state index in [0.29, 0.717) is 6.54 Å². The van der Waals surface area contributed by atoms with Gasteiger partial charge in [0.1, 0.15) is 0 Å². The van der Waals surface area contributed by atoms with Crippen LogP contribution >= 0.6 is 0 Å². The van der Waals surface area contributed by atoms with Crippen LogP contribution in [0.5, 0.6) is 0 Å². The van der Waals surface area contributed by atoms with Crippen molar-refractivity contribution in [1.82, 2.24) is 5.32 Å². The van der Waals surface area contributed by atoms with E-state index in [1.807, 2.05) is 24.3 Å². The fraction of sp³-hybridized carbons (Fsp3) is 0.500. The molecule has 0 spiro atoms. The van der Waals surface area contributed by atoms with Crippen molar-refractivity contribution in [3.05, 3.63) is 29.8 Å². The van der Waals surface area contributed by atoms with Gasteiger partial charge in [0.25, 0.3) is 0 Å². The molecule has 1 aliphatic carbocycles. The van der Waals surface area contributed by atoms with Gasteiger partial charge < -0.3 is 16.4 Å². The van der Waals surface area contributed by atoms with Crippen molar-refractivity contribution in [2.24, 2.45) is 11.7 Å². The Hall–Kier alpha value is -2.04. The summed E-state index contributed by atoms with van der Waals surface area (Å²) in [6.45, 7) is 0.655. The predicted molar refractivity (Wildman–Crippen MR) is 80.8 cm³/mol. The van der Waals surface area contributed by atoms with E-state index in [0.717, 1.165) is 36.9 Å². The van der Waals surface area contributed by atoms with Crippen LogP contribution in [0.4, 0.5) is 5.69 Å². The number of carbonyl (C=O) groups is 2. The molecule has 1 aliphatic heterocycles. The van der Waals surface area contributed by atoms with Crippen LogP contribution in [0, 0.1) is 5.92 Å². The Morgan fingerprint density at radius 3 is 2.57 bits per heavy atom. The van der Waals surface area contributed by atoms with E-state index >= 15 is 0 Å². The van der Waals surface area contributed by atoms with E-state index in [4.69, 9.17) is 5.73 Å². The molecule has 21 heavy (non-hydrogen) atoms. The molecule has 0 radical (unpaired) electrons. The summed E-state index contributed by atoms with van der Waals surface area (Å²) in [5, 5.41) is 6.40. The molecular weight excluding hydrogens is 266 g/mol. The van der Waals surface area contributed by atoms with Gasteiger partial charge in [-0.3, -0.25) is 9.59 Å². The zero-order chi connectivity index (χ0) is 14.8. The molecule has 2 amide bonds. The van der Waals surface area contributed by atoms with Gasteiger partial charge in [0, 0.05) is 24.2 Å². The third-order valence-corrected chi connectivity index (χ3v) is 4.63. The molecule has 4 N–H and O–H groups in total. The average Bonchev–Trinajstić information content (AvgIpc) is 2.92. The van der Waals surface area contributed by atoms with Crippen LogP contribution in [0.1, 0.15) is 37.2 Å². The largest absolute Gasteiger partial charge is 0.384 e. The maximum atomic E-state index is 12.4. The molecular formula is C16H21N3O2. The van der Waals surface area contributed by atoms with E-state index < -0.39 is 0 Å². The lowest BCUT2D eigenvalue weighted by atomic mass is 9.85. The molecule has 5 nitrogen and oxygen atoms in total. The Morgan fingerprint density at radius 1 is 1.14 bits per heavy atom. The number of hydrogen-bond acceptors (Lipinski definition) is 3. The van der Waals surface area contributed by atoms with Crippen LogP contribution in [0.25, 0.3) is 0 Å². The van der Waals surface area contributed by atoms with E-state index in [1.165, 1.54) is 0 Å². The topological polar surface area (TPSA) is 84.2 Å². The lowest BCUT2D eigenvalue weighted by Gasteiger charge is -2.28. The van der Waals surface area contributed by atoms with Gasteiger partial charge in [-0.15, -0.1) is 0 Å². The second kappa shape index (κ2) is 5.76. The van der Waals surface area contributed by atoms with E-state index in [-0.39, 0.29) is 29.7 Å². The number of benzene rings is 1. The number of primary amides is 1. The highest BCUT2D eigenvalue weighted by atomic mass is 16.2. The molecule has 1 atom stereocenters. The normalized spacial score (nSPS) is 27.5. The first kappa shape index (κ1) is 13.9. The van der Waals surface area contributed by atoms with E-state index in [9.17, 15) is 9.59 Å². The minimum atomic E-state index is -0.214. The van der Waals surface area contributed by atoms with Crippen molar-refractivity contribution in [2.45, 2.75) is 37.6 Å². The molecule has 1 unspecified atom stereocenters. The van der Waals surface area contributed by atoms with Crippen molar-refractivity contribution in [1.29, 1.82) is 0 Å². The van der Waals surface area contributed by atoms with Gasteiger partial charge >= 0.3 is 0 Å². The van der Waals surface area contributed by atoms with E-state index in [1.54, 1.807) is 0 Å². The molecule has 1 fully saturated rings. The number of nitrogens with one attached hydrogen (secondary N) is 2. The highest BCUT2D eigenvalue weighted by Crippen LogP contribution is 2.32. The fourth-order valence-electron chi connectivity index (χ4n) is 3.34. The minimum Gasteiger partial charge on any atom is -0.384 e. The van der Waals surface area contributed by atoms with Crippen LogP contribution < -0.4 is 16.4 Å². The third kappa shape index (κ3) is 2.86. The quantitative estimate of drug-likeness (QED) is 0.784. The van der Waals surface area contributed by atoms with Crippen molar-refractivity contribution in [2.75, 3.05) is 11.9 Å². The molecule has 1 heterocycles. The average molecular weight is 287 g/mol. The number of fused-ring (bicyclic) bond motifs is 1. The monoisotopic (exact) mass is 287 g/mol. The predicted octanol–water partition coefficient (Wildman–Crippen LogP) is 1.36. The fourth-order valence-corrected chi connectivity index (χ4v) is 3.34. The second-order valence-electron chi connectivity index (χ2n) is 5.98. The van der Waals surface area contributed by atoms with Gasteiger partial charge in [-0.1, -0.05) is 18.2 Å². The van der Waals surface area contributed by atoms with Crippen molar-refractivity contribution in [3.63, 3.8) is 0 Å². The molecule has 1 saturated carbocycles. The first-order valence-corrected chi connectivity index (χ1v) is 7.57. The zero-order valence-corrected chi connectivity index (χ0v) is 12.0. The first-order chi connectivity index (χ1) is 10.1.